The molecule has 46 heavy (non-hydrogen) atoms. The van der Waals surface area contributed by atoms with Gasteiger partial charge in [0.05, 0.1) is 40.7 Å². The van der Waals surface area contributed by atoms with Crippen LogP contribution >= 0.6 is 22.9 Å². The van der Waals surface area contributed by atoms with Gasteiger partial charge in [0.1, 0.15) is 11.5 Å². The van der Waals surface area contributed by atoms with Crippen molar-refractivity contribution in [1.82, 2.24) is 19.8 Å². The van der Waals surface area contributed by atoms with Gasteiger partial charge in [-0.25, -0.2) is 13.6 Å². The van der Waals surface area contributed by atoms with Gasteiger partial charge in [-0.3, -0.25) is 19.5 Å². The molecule has 0 radical (unpaired) electrons. The molecule has 0 bridgehead atoms. The lowest BCUT2D eigenvalue weighted by molar-refractivity contribution is -0.192. The van der Waals surface area contributed by atoms with Crippen molar-refractivity contribution in [1.29, 1.82) is 0 Å². The fourth-order valence-electron chi connectivity index (χ4n) is 6.62. The molecule has 15 heteroatoms. The van der Waals surface area contributed by atoms with Gasteiger partial charge in [0.25, 0.3) is 0 Å². The van der Waals surface area contributed by atoms with E-state index in [9.17, 15) is 22.8 Å². The summed E-state index contributed by atoms with van der Waals surface area (Å²) in [7, 11) is 0. The van der Waals surface area contributed by atoms with Crippen molar-refractivity contribution in [3.63, 3.8) is 0 Å². The van der Waals surface area contributed by atoms with E-state index in [0.717, 1.165) is 15.1 Å². The lowest BCUT2D eigenvalue weighted by atomic mass is 9.94. The van der Waals surface area contributed by atoms with Gasteiger partial charge in [-0.15, -0.1) is 11.3 Å². The zero-order valence-electron chi connectivity index (χ0n) is 24.6. The van der Waals surface area contributed by atoms with Crippen LogP contribution < -0.4 is 5.32 Å². The summed E-state index contributed by atoms with van der Waals surface area (Å²) in [5.41, 5.74) is 1.09. The van der Waals surface area contributed by atoms with Crippen LogP contribution in [0.1, 0.15) is 31.6 Å². The summed E-state index contributed by atoms with van der Waals surface area (Å²) in [4.78, 5) is 41.4. The molecule has 2 N–H and O–H groups in total. The van der Waals surface area contributed by atoms with Gasteiger partial charge in [-0.05, 0) is 55.6 Å². The standard InChI is InChI=1S/C29H27ClF2N4O2S.C2HF3O2/c1-28(2)22-23(28)27(38)36(26(22)37)12-16-11-21-25(39-16)17(3-6-34-21)18-9-15(30)10-19-20(31)13-35(24(18)19)14-29(32)4-7-33-8-5-29;3-2(4,5)1(6)7/h3,6,9-11,13,22-23,33H,4-5,7-8,12,14H2,1-2H3;(H,6,7). The molecule has 244 valence electrons. The highest BCUT2D eigenvalue weighted by Crippen LogP contribution is 2.63. The zero-order valence-corrected chi connectivity index (χ0v) is 26.1. The van der Waals surface area contributed by atoms with Crippen LogP contribution in [0.15, 0.2) is 36.7 Å². The number of carboxylic acid groups (broad SMARTS) is 1. The lowest BCUT2D eigenvalue weighted by Crippen LogP contribution is -2.41. The minimum atomic E-state index is -5.08. The summed E-state index contributed by atoms with van der Waals surface area (Å²) >= 11 is 7.92. The Balaban J connectivity index is 0.000000480. The van der Waals surface area contributed by atoms with Gasteiger partial charge in [0, 0.05) is 38.8 Å². The van der Waals surface area contributed by atoms with Gasteiger partial charge in [-0.1, -0.05) is 25.4 Å². The van der Waals surface area contributed by atoms with E-state index in [0.29, 0.717) is 52.9 Å². The summed E-state index contributed by atoms with van der Waals surface area (Å²) in [6.45, 7) is 5.35. The van der Waals surface area contributed by atoms with Crippen molar-refractivity contribution in [2.75, 3.05) is 13.1 Å². The monoisotopic (exact) mass is 682 g/mol. The normalized spacial score (nSPS) is 21.8. The first kappa shape index (κ1) is 32.3. The Kier molecular flexibility index (Phi) is 7.92. The number of likely N-dealkylation sites (tertiary alicyclic amines) is 1. The van der Waals surface area contributed by atoms with E-state index in [2.05, 4.69) is 10.3 Å². The summed E-state index contributed by atoms with van der Waals surface area (Å²) in [6, 6.07) is 7.11. The van der Waals surface area contributed by atoms with Crippen LogP contribution in [0.5, 0.6) is 0 Å². The molecular weight excluding hydrogens is 655 g/mol. The zero-order chi connectivity index (χ0) is 33.3. The largest absolute Gasteiger partial charge is 0.490 e. The number of hydrogen-bond acceptors (Lipinski definition) is 6. The van der Waals surface area contributed by atoms with E-state index in [-0.39, 0.29) is 42.2 Å². The Hall–Kier alpha value is -3.62. The van der Waals surface area contributed by atoms with Gasteiger partial charge < -0.3 is 15.0 Å². The van der Waals surface area contributed by atoms with Crippen molar-refractivity contribution in [2.24, 2.45) is 17.3 Å². The summed E-state index contributed by atoms with van der Waals surface area (Å²) in [5.74, 6) is -3.88. The van der Waals surface area contributed by atoms with Crippen LogP contribution in [0.2, 0.25) is 5.02 Å². The molecule has 7 rings (SSSR count). The number of pyridine rings is 1. The highest BCUT2D eigenvalue weighted by atomic mass is 35.5. The number of aliphatic carboxylic acids is 1. The fourth-order valence-corrected chi connectivity index (χ4v) is 7.97. The number of aromatic nitrogens is 2. The Morgan fingerprint density at radius 2 is 1.76 bits per heavy atom. The van der Waals surface area contributed by atoms with Crippen molar-refractivity contribution >= 4 is 61.8 Å². The highest BCUT2D eigenvalue weighted by Gasteiger charge is 2.72. The number of halogens is 6. The maximum Gasteiger partial charge on any atom is 0.490 e. The number of carboxylic acids is 1. The number of alkyl halides is 4. The van der Waals surface area contributed by atoms with Crippen LogP contribution in [-0.4, -0.2) is 62.3 Å². The topological polar surface area (TPSA) is 105 Å². The molecule has 2 unspecified atom stereocenters. The van der Waals surface area contributed by atoms with E-state index in [4.69, 9.17) is 21.5 Å². The number of nitrogens with one attached hydrogen (secondary N) is 1. The number of imide groups is 1. The molecule has 3 aliphatic rings. The summed E-state index contributed by atoms with van der Waals surface area (Å²) in [6.07, 6.45) is -1.32. The molecule has 2 aliphatic heterocycles. The molecule has 3 aromatic heterocycles. The van der Waals surface area contributed by atoms with Crippen LogP contribution in [0.4, 0.5) is 22.0 Å². The molecule has 2 amide bonds. The molecule has 2 atom stereocenters. The minimum Gasteiger partial charge on any atom is -0.475 e. The predicted octanol–water partition coefficient (Wildman–Crippen LogP) is 6.58. The summed E-state index contributed by atoms with van der Waals surface area (Å²) in [5, 5.41) is 11.0. The maximum atomic E-state index is 15.7. The fraction of sp³-hybridized carbons (Fsp3) is 0.419. The molecular formula is C31H28ClF5N4O4S. The third kappa shape index (κ3) is 5.64. The van der Waals surface area contributed by atoms with E-state index in [1.54, 1.807) is 22.9 Å². The minimum absolute atomic E-state index is 0.0471. The van der Waals surface area contributed by atoms with Crippen molar-refractivity contribution < 1.29 is 41.4 Å². The number of rotatable bonds is 5. The number of carbonyl (C=O) groups is 3. The predicted molar refractivity (Wildman–Crippen MR) is 161 cm³/mol. The number of piperidine rings is 2. The smallest absolute Gasteiger partial charge is 0.475 e. The number of thiophene rings is 1. The molecule has 1 aliphatic carbocycles. The summed E-state index contributed by atoms with van der Waals surface area (Å²) < 4.78 is 65.2. The SMILES string of the molecule is CC1(C)C2C(=O)N(Cc3cc4nccc(-c5cc(Cl)cc6c(F)cn(CC7(F)CCNCC7)c56)c4s3)C(=O)C21.O=C(O)C(F)(F)F. The van der Waals surface area contributed by atoms with E-state index in [1.165, 1.54) is 22.4 Å². The van der Waals surface area contributed by atoms with Crippen LogP contribution in [0.3, 0.4) is 0 Å². The molecule has 1 aromatic carbocycles. The second-order valence-electron chi connectivity index (χ2n) is 12.5. The number of carbonyl (C=O) groups excluding carboxylic acids is 2. The van der Waals surface area contributed by atoms with Crippen LogP contribution in [0.25, 0.3) is 32.2 Å². The Morgan fingerprint density at radius 3 is 2.37 bits per heavy atom. The van der Waals surface area contributed by atoms with E-state index in [1.807, 2.05) is 26.0 Å². The van der Waals surface area contributed by atoms with E-state index < -0.39 is 23.6 Å². The highest BCUT2D eigenvalue weighted by molar-refractivity contribution is 7.19. The van der Waals surface area contributed by atoms with Crippen molar-refractivity contribution in [3.8, 4) is 11.1 Å². The average Bonchev–Trinajstić information content (AvgIpc) is 3.24. The molecule has 2 saturated heterocycles. The number of hydrogen-bond donors (Lipinski definition) is 2. The number of nitrogens with zero attached hydrogens (tertiary/aromatic N) is 3. The van der Waals surface area contributed by atoms with Crippen molar-refractivity contribution in [2.45, 2.75) is 51.6 Å². The number of benzene rings is 1. The van der Waals surface area contributed by atoms with Gasteiger partial charge in [-0.2, -0.15) is 13.2 Å². The number of amides is 2. The first-order chi connectivity index (χ1) is 21.5. The average molecular weight is 683 g/mol. The van der Waals surface area contributed by atoms with Crippen LogP contribution in [-0.2, 0) is 27.5 Å². The molecule has 4 aromatic rings. The molecule has 3 fully saturated rings. The van der Waals surface area contributed by atoms with Gasteiger partial charge in [0.15, 0.2) is 0 Å². The van der Waals surface area contributed by atoms with Crippen LogP contribution in [0, 0.1) is 23.1 Å². The molecule has 0 spiro atoms. The van der Waals surface area contributed by atoms with E-state index >= 15 is 8.78 Å². The molecule has 5 heterocycles. The third-order valence-electron chi connectivity index (χ3n) is 9.04. The Morgan fingerprint density at radius 1 is 1.13 bits per heavy atom. The molecule has 1 saturated carbocycles. The second kappa shape index (κ2) is 11.3. The van der Waals surface area contributed by atoms with Gasteiger partial charge in [0.2, 0.25) is 11.8 Å². The van der Waals surface area contributed by atoms with Gasteiger partial charge >= 0.3 is 12.1 Å². The first-order valence-electron chi connectivity index (χ1n) is 14.4. The lowest BCUT2D eigenvalue weighted by Gasteiger charge is -2.30. The maximum absolute atomic E-state index is 15.7. The second-order valence-corrected chi connectivity index (χ2v) is 14.1. The first-order valence-corrected chi connectivity index (χ1v) is 15.6. The third-order valence-corrected chi connectivity index (χ3v) is 10.4. The Bertz CT molecular complexity index is 1870. The van der Waals surface area contributed by atoms with Crippen molar-refractivity contribution in [3.05, 3.63) is 52.4 Å². The number of fused-ring (bicyclic) bond motifs is 3. The molecule has 8 nitrogen and oxygen atoms in total. The quantitative estimate of drug-likeness (QED) is 0.182. The Labute approximate surface area is 268 Å².